The second-order valence-corrected chi connectivity index (χ2v) is 8.94. The number of rotatable bonds is 5. The summed E-state index contributed by atoms with van der Waals surface area (Å²) in [6.07, 6.45) is 1.00. The SMILES string of the molecule is CC1(OC(=O)C2C3OC4C(OC(=O)C42)C3OC(=O)CN2CCOCC2)CCCC1. The molecule has 2 bridgehead atoms. The Morgan fingerprint density at radius 1 is 1.14 bits per heavy atom. The quantitative estimate of drug-likeness (QED) is 0.460. The second-order valence-electron chi connectivity index (χ2n) is 8.94. The van der Waals surface area contributed by atoms with E-state index in [0.29, 0.717) is 26.3 Å². The zero-order chi connectivity index (χ0) is 20.2. The number of ether oxygens (including phenoxy) is 5. The number of morpholine rings is 1. The molecule has 5 aliphatic rings. The Balaban J connectivity index is 1.28. The van der Waals surface area contributed by atoms with Gasteiger partial charge in [-0.3, -0.25) is 19.3 Å². The van der Waals surface area contributed by atoms with Crippen molar-refractivity contribution in [2.75, 3.05) is 32.8 Å². The van der Waals surface area contributed by atoms with Crippen LogP contribution in [0.25, 0.3) is 0 Å². The zero-order valence-corrected chi connectivity index (χ0v) is 16.5. The Morgan fingerprint density at radius 3 is 2.59 bits per heavy atom. The van der Waals surface area contributed by atoms with Crippen LogP contribution in [0, 0.1) is 11.8 Å². The summed E-state index contributed by atoms with van der Waals surface area (Å²) in [6.45, 7) is 4.56. The maximum atomic E-state index is 13.0. The van der Waals surface area contributed by atoms with Gasteiger partial charge < -0.3 is 23.7 Å². The van der Waals surface area contributed by atoms with Crippen LogP contribution in [0.1, 0.15) is 32.6 Å². The van der Waals surface area contributed by atoms with Gasteiger partial charge in [-0.15, -0.1) is 0 Å². The van der Waals surface area contributed by atoms with E-state index in [0.717, 1.165) is 25.7 Å². The van der Waals surface area contributed by atoms with Crippen molar-refractivity contribution in [3.8, 4) is 0 Å². The molecule has 4 heterocycles. The van der Waals surface area contributed by atoms with E-state index in [2.05, 4.69) is 0 Å². The number of fused-ring (bicyclic) bond motifs is 1. The molecule has 0 N–H and O–H groups in total. The number of carbonyl (C=O) groups is 3. The van der Waals surface area contributed by atoms with Crippen molar-refractivity contribution in [1.82, 2.24) is 4.90 Å². The van der Waals surface area contributed by atoms with Crippen molar-refractivity contribution in [3.63, 3.8) is 0 Å². The Morgan fingerprint density at radius 2 is 1.86 bits per heavy atom. The normalized spacial score (nSPS) is 40.1. The molecule has 5 fully saturated rings. The van der Waals surface area contributed by atoms with Crippen LogP contribution < -0.4 is 0 Å². The van der Waals surface area contributed by atoms with Crippen molar-refractivity contribution >= 4 is 17.9 Å². The van der Waals surface area contributed by atoms with Gasteiger partial charge in [-0.25, -0.2) is 0 Å². The molecular formula is C20H27NO8. The van der Waals surface area contributed by atoms with E-state index in [9.17, 15) is 14.4 Å². The highest BCUT2D eigenvalue weighted by Gasteiger charge is 2.72. The first-order valence-electron chi connectivity index (χ1n) is 10.5. The Bertz CT molecular complexity index is 699. The predicted molar refractivity (Wildman–Crippen MR) is 95.6 cm³/mol. The molecule has 0 spiro atoms. The smallest absolute Gasteiger partial charge is 0.320 e. The molecule has 160 valence electrons. The molecule has 6 atom stereocenters. The molecule has 9 nitrogen and oxygen atoms in total. The van der Waals surface area contributed by atoms with Gasteiger partial charge in [0.1, 0.15) is 29.6 Å². The highest BCUT2D eigenvalue weighted by atomic mass is 16.7. The molecule has 0 aromatic heterocycles. The molecule has 0 aromatic rings. The summed E-state index contributed by atoms with van der Waals surface area (Å²) in [5.74, 6) is -2.78. The lowest BCUT2D eigenvalue weighted by molar-refractivity contribution is -0.172. The molecule has 0 aromatic carbocycles. The molecule has 29 heavy (non-hydrogen) atoms. The molecule has 4 saturated heterocycles. The number of hydrogen-bond donors (Lipinski definition) is 0. The second kappa shape index (κ2) is 7.21. The van der Waals surface area contributed by atoms with Crippen LogP contribution in [0.15, 0.2) is 0 Å². The first kappa shape index (κ1) is 19.3. The summed E-state index contributed by atoms with van der Waals surface area (Å²) in [7, 11) is 0. The summed E-state index contributed by atoms with van der Waals surface area (Å²) in [4.78, 5) is 39.8. The van der Waals surface area contributed by atoms with Crippen LogP contribution in [0.5, 0.6) is 0 Å². The number of nitrogens with zero attached hydrogens (tertiary/aromatic N) is 1. The van der Waals surface area contributed by atoms with Gasteiger partial charge in [-0.05, 0) is 32.6 Å². The third-order valence-electron chi connectivity index (χ3n) is 6.91. The number of hydrogen-bond acceptors (Lipinski definition) is 9. The largest absolute Gasteiger partial charge is 0.459 e. The van der Waals surface area contributed by atoms with E-state index < -0.39 is 59.8 Å². The monoisotopic (exact) mass is 409 g/mol. The van der Waals surface area contributed by atoms with Crippen LogP contribution in [0.3, 0.4) is 0 Å². The minimum absolute atomic E-state index is 0.133. The molecule has 4 aliphatic heterocycles. The first-order valence-corrected chi connectivity index (χ1v) is 10.5. The van der Waals surface area contributed by atoms with Crippen molar-refractivity contribution in [2.45, 2.75) is 62.6 Å². The van der Waals surface area contributed by atoms with E-state index in [4.69, 9.17) is 23.7 Å². The van der Waals surface area contributed by atoms with Crippen molar-refractivity contribution in [3.05, 3.63) is 0 Å². The summed E-state index contributed by atoms with van der Waals surface area (Å²) in [5, 5.41) is 0. The standard InChI is InChI=1S/C20H27NO8/c1-20(4-2-3-5-20)29-19(24)13-12-14-17(28-18(12)23)16(15(13)27-14)26-11(22)10-21-6-8-25-9-7-21/h12-17H,2-10H2,1H3. The van der Waals surface area contributed by atoms with Gasteiger partial charge in [0.25, 0.3) is 0 Å². The highest BCUT2D eigenvalue weighted by Crippen LogP contribution is 2.52. The molecule has 0 radical (unpaired) electrons. The molecule has 5 rings (SSSR count). The maximum absolute atomic E-state index is 13.0. The summed E-state index contributed by atoms with van der Waals surface area (Å²) in [6, 6.07) is 0. The first-order chi connectivity index (χ1) is 14.0. The van der Waals surface area contributed by atoms with Gasteiger partial charge in [0.2, 0.25) is 0 Å². The minimum atomic E-state index is -0.787. The van der Waals surface area contributed by atoms with Crippen LogP contribution in [0.2, 0.25) is 0 Å². The van der Waals surface area contributed by atoms with Crippen LogP contribution >= 0.6 is 0 Å². The topological polar surface area (TPSA) is 101 Å². The van der Waals surface area contributed by atoms with Crippen LogP contribution in [-0.4, -0.2) is 85.7 Å². The third-order valence-corrected chi connectivity index (χ3v) is 6.91. The van der Waals surface area contributed by atoms with Crippen molar-refractivity contribution < 1.29 is 38.1 Å². The fourth-order valence-electron chi connectivity index (χ4n) is 5.41. The van der Waals surface area contributed by atoms with Crippen LogP contribution in [0.4, 0.5) is 0 Å². The maximum Gasteiger partial charge on any atom is 0.320 e. The predicted octanol–water partition coefficient (Wildman–Crippen LogP) is 0.0451. The minimum Gasteiger partial charge on any atom is -0.459 e. The average molecular weight is 409 g/mol. The van der Waals surface area contributed by atoms with Gasteiger partial charge >= 0.3 is 17.9 Å². The zero-order valence-electron chi connectivity index (χ0n) is 16.5. The Hall–Kier alpha value is -1.71. The fourth-order valence-corrected chi connectivity index (χ4v) is 5.41. The van der Waals surface area contributed by atoms with Crippen molar-refractivity contribution in [2.24, 2.45) is 11.8 Å². The van der Waals surface area contributed by atoms with E-state index >= 15 is 0 Å². The molecule has 0 amide bonds. The highest BCUT2D eigenvalue weighted by molar-refractivity contribution is 5.87. The molecule has 1 aliphatic carbocycles. The summed E-state index contributed by atoms with van der Waals surface area (Å²) < 4.78 is 28.1. The van der Waals surface area contributed by atoms with Crippen molar-refractivity contribution in [1.29, 1.82) is 0 Å². The lowest BCUT2D eigenvalue weighted by Crippen LogP contribution is -2.50. The van der Waals surface area contributed by atoms with E-state index in [1.807, 2.05) is 11.8 Å². The van der Waals surface area contributed by atoms with Crippen LogP contribution in [-0.2, 0) is 38.1 Å². The Labute approximate surface area is 168 Å². The third kappa shape index (κ3) is 3.33. The van der Waals surface area contributed by atoms with E-state index in [-0.39, 0.29) is 6.54 Å². The lowest BCUT2D eigenvalue weighted by atomic mass is 9.78. The van der Waals surface area contributed by atoms with Gasteiger partial charge in [0.15, 0.2) is 12.2 Å². The van der Waals surface area contributed by atoms with E-state index in [1.165, 1.54) is 0 Å². The van der Waals surface area contributed by atoms with Gasteiger partial charge in [-0.2, -0.15) is 0 Å². The molecule has 1 saturated carbocycles. The van der Waals surface area contributed by atoms with Gasteiger partial charge in [-0.1, -0.05) is 0 Å². The Kier molecular flexibility index (Phi) is 4.79. The molecule has 6 unspecified atom stereocenters. The van der Waals surface area contributed by atoms with E-state index in [1.54, 1.807) is 0 Å². The van der Waals surface area contributed by atoms with Gasteiger partial charge in [0, 0.05) is 13.1 Å². The summed E-state index contributed by atoms with van der Waals surface area (Å²) in [5.41, 5.74) is -0.497. The summed E-state index contributed by atoms with van der Waals surface area (Å²) >= 11 is 0. The average Bonchev–Trinajstić information content (AvgIpc) is 3.40. The lowest BCUT2D eigenvalue weighted by Gasteiger charge is -2.31. The number of carbonyl (C=O) groups excluding carboxylic acids is 3. The molecular weight excluding hydrogens is 382 g/mol. The number of esters is 3. The van der Waals surface area contributed by atoms with Gasteiger partial charge in [0.05, 0.1) is 19.8 Å². The fraction of sp³-hybridized carbons (Fsp3) is 0.850. The molecule has 9 heteroatoms.